The quantitative estimate of drug-likeness (QED) is 0.540. The van der Waals surface area contributed by atoms with Crippen LogP contribution in [0.15, 0.2) is 48.7 Å². The summed E-state index contributed by atoms with van der Waals surface area (Å²) in [6.45, 7) is 0. The highest BCUT2D eigenvalue weighted by Crippen LogP contribution is 2.32. The Kier molecular flexibility index (Phi) is 2.44. The Labute approximate surface area is 120 Å². The third kappa shape index (κ3) is 1.62. The molecule has 2 aromatic carbocycles. The molecule has 2 heterocycles. The number of aromatic amines is 1. The second kappa shape index (κ2) is 4.31. The van der Waals surface area contributed by atoms with Gasteiger partial charge in [0.05, 0.1) is 23.7 Å². The van der Waals surface area contributed by atoms with E-state index in [0.717, 1.165) is 32.7 Å². The van der Waals surface area contributed by atoms with Gasteiger partial charge in [-0.3, -0.25) is 4.98 Å². The van der Waals surface area contributed by atoms with E-state index < -0.39 is 0 Å². The normalized spacial score (nSPS) is 11.3. The lowest BCUT2D eigenvalue weighted by atomic mass is 10.0. The molecule has 0 fully saturated rings. The number of esters is 1. The van der Waals surface area contributed by atoms with E-state index in [1.807, 2.05) is 42.5 Å². The second-order valence-corrected chi connectivity index (χ2v) is 4.91. The molecule has 0 unspecified atom stereocenters. The van der Waals surface area contributed by atoms with Crippen LogP contribution >= 0.6 is 0 Å². The predicted molar refractivity (Wildman–Crippen MR) is 82.4 cm³/mol. The van der Waals surface area contributed by atoms with Crippen molar-refractivity contribution in [3.63, 3.8) is 0 Å². The number of hydrogen-bond donors (Lipinski definition) is 1. The molecular formula is C17H12N2O2. The lowest BCUT2D eigenvalue weighted by Gasteiger charge is -2.05. The number of fused-ring (bicyclic) bond motifs is 5. The Hall–Kier alpha value is -2.88. The molecule has 4 nitrogen and oxygen atoms in total. The monoisotopic (exact) mass is 276 g/mol. The van der Waals surface area contributed by atoms with Crippen LogP contribution in [0, 0.1) is 0 Å². The molecule has 0 aliphatic carbocycles. The number of hydrogen-bond acceptors (Lipinski definition) is 3. The largest absolute Gasteiger partial charge is 0.465 e. The van der Waals surface area contributed by atoms with Crippen molar-refractivity contribution in [3.05, 3.63) is 54.2 Å². The molecule has 4 aromatic rings. The van der Waals surface area contributed by atoms with E-state index in [1.165, 1.54) is 7.11 Å². The summed E-state index contributed by atoms with van der Waals surface area (Å²) in [5.74, 6) is -0.347. The molecule has 0 amide bonds. The van der Waals surface area contributed by atoms with Crippen molar-refractivity contribution in [3.8, 4) is 0 Å². The van der Waals surface area contributed by atoms with Gasteiger partial charge in [0.1, 0.15) is 0 Å². The van der Waals surface area contributed by atoms with E-state index in [2.05, 4.69) is 9.97 Å². The molecule has 1 N–H and O–H groups in total. The van der Waals surface area contributed by atoms with Gasteiger partial charge in [-0.05, 0) is 18.2 Å². The number of nitrogens with one attached hydrogen (secondary N) is 1. The highest BCUT2D eigenvalue weighted by atomic mass is 16.5. The van der Waals surface area contributed by atoms with E-state index in [9.17, 15) is 4.79 Å². The first-order valence-corrected chi connectivity index (χ1v) is 6.66. The highest BCUT2D eigenvalue weighted by molar-refractivity contribution is 6.20. The molecule has 0 spiro atoms. The number of rotatable bonds is 1. The Morgan fingerprint density at radius 1 is 1.10 bits per heavy atom. The second-order valence-electron chi connectivity index (χ2n) is 4.91. The summed E-state index contributed by atoms with van der Waals surface area (Å²) in [7, 11) is 1.39. The fourth-order valence-electron chi connectivity index (χ4n) is 2.82. The van der Waals surface area contributed by atoms with Gasteiger partial charge in [-0.25, -0.2) is 4.79 Å². The number of aromatic nitrogens is 2. The summed E-state index contributed by atoms with van der Waals surface area (Å²) in [6, 6.07) is 13.6. The lowest BCUT2D eigenvalue weighted by Crippen LogP contribution is -2.02. The van der Waals surface area contributed by atoms with Crippen LogP contribution in [-0.2, 0) is 4.74 Å². The van der Waals surface area contributed by atoms with E-state index >= 15 is 0 Å². The van der Waals surface area contributed by atoms with Gasteiger partial charge in [0.15, 0.2) is 0 Å². The summed E-state index contributed by atoms with van der Waals surface area (Å²) >= 11 is 0. The Morgan fingerprint density at radius 3 is 2.76 bits per heavy atom. The number of nitrogens with zero attached hydrogens (tertiary/aromatic N) is 1. The van der Waals surface area contributed by atoms with E-state index in [1.54, 1.807) is 6.20 Å². The summed E-state index contributed by atoms with van der Waals surface area (Å²) < 4.78 is 4.90. The maximum absolute atomic E-state index is 12.1. The van der Waals surface area contributed by atoms with Gasteiger partial charge in [-0.2, -0.15) is 0 Å². The van der Waals surface area contributed by atoms with E-state index in [0.29, 0.717) is 5.56 Å². The van der Waals surface area contributed by atoms with E-state index in [4.69, 9.17) is 4.74 Å². The van der Waals surface area contributed by atoms with Gasteiger partial charge in [-0.1, -0.05) is 24.3 Å². The highest BCUT2D eigenvalue weighted by Gasteiger charge is 2.16. The fourth-order valence-corrected chi connectivity index (χ4v) is 2.82. The zero-order valence-electron chi connectivity index (χ0n) is 11.4. The van der Waals surface area contributed by atoms with Gasteiger partial charge in [0.25, 0.3) is 0 Å². The third-order valence-corrected chi connectivity index (χ3v) is 3.77. The molecule has 0 saturated heterocycles. The van der Waals surface area contributed by atoms with Gasteiger partial charge in [0, 0.05) is 27.9 Å². The Balaban J connectivity index is 2.26. The Bertz CT molecular complexity index is 1000. The van der Waals surface area contributed by atoms with Gasteiger partial charge in [0.2, 0.25) is 0 Å². The smallest absolute Gasteiger partial charge is 0.338 e. The van der Waals surface area contributed by atoms with Crippen molar-refractivity contribution >= 4 is 38.7 Å². The van der Waals surface area contributed by atoms with Crippen molar-refractivity contribution in [2.24, 2.45) is 0 Å². The van der Waals surface area contributed by atoms with Crippen LogP contribution in [0.2, 0.25) is 0 Å². The van der Waals surface area contributed by atoms with Crippen molar-refractivity contribution in [2.45, 2.75) is 0 Å². The van der Waals surface area contributed by atoms with Gasteiger partial charge >= 0.3 is 5.97 Å². The van der Waals surface area contributed by atoms with Crippen LogP contribution in [0.3, 0.4) is 0 Å². The number of para-hydroxylation sites is 1. The summed E-state index contributed by atoms with van der Waals surface area (Å²) in [4.78, 5) is 19.9. The van der Waals surface area contributed by atoms with Crippen LogP contribution in [0.25, 0.3) is 32.7 Å². The minimum absolute atomic E-state index is 0.347. The number of benzene rings is 2. The average Bonchev–Trinajstić information content (AvgIpc) is 2.92. The molecule has 0 aliphatic rings. The van der Waals surface area contributed by atoms with Crippen molar-refractivity contribution < 1.29 is 9.53 Å². The topological polar surface area (TPSA) is 55.0 Å². The number of H-pyrrole nitrogens is 1. The first kappa shape index (κ1) is 11.9. The lowest BCUT2D eigenvalue weighted by molar-refractivity contribution is 0.0603. The van der Waals surface area contributed by atoms with Crippen LogP contribution in [0.1, 0.15) is 10.4 Å². The van der Waals surface area contributed by atoms with Crippen LogP contribution in [0.4, 0.5) is 0 Å². The summed E-state index contributed by atoms with van der Waals surface area (Å²) in [5.41, 5.74) is 3.30. The SMILES string of the molecule is COC(=O)c1cc2c3ccccc3[nH]c2c2ncccc12. The zero-order chi connectivity index (χ0) is 14.4. The van der Waals surface area contributed by atoms with Crippen LogP contribution in [-0.4, -0.2) is 23.0 Å². The maximum atomic E-state index is 12.1. The molecule has 4 rings (SSSR count). The number of methoxy groups -OCH3 is 1. The molecule has 0 radical (unpaired) electrons. The average molecular weight is 276 g/mol. The van der Waals surface area contributed by atoms with Crippen LogP contribution in [0.5, 0.6) is 0 Å². The first-order valence-electron chi connectivity index (χ1n) is 6.66. The van der Waals surface area contributed by atoms with Gasteiger partial charge in [-0.15, -0.1) is 0 Å². The van der Waals surface area contributed by atoms with E-state index in [-0.39, 0.29) is 5.97 Å². The van der Waals surface area contributed by atoms with Crippen LogP contribution < -0.4 is 0 Å². The molecule has 0 bridgehead atoms. The summed E-state index contributed by atoms with van der Waals surface area (Å²) in [6.07, 6.45) is 1.73. The molecule has 2 aromatic heterocycles. The first-order chi connectivity index (χ1) is 10.3. The molecule has 4 heteroatoms. The molecule has 0 atom stereocenters. The minimum Gasteiger partial charge on any atom is -0.465 e. The van der Waals surface area contributed by atoms with Crippen molar-refractivity contribution in [2.75, 3.05) is 7.11 Å². The minimum atomic E-state index is -0.347. The fraction of sp³-hybridized carbons (Fsp3) is 0.0588. The summed E-state index contributed by atoms with van der Waals surface area (Å²) in [5, 5.41) is 2.85. The number of pyridine rings is 1. The molecule has 0 aliphatic heterocycles. The standard InChI is InChI=1S/C17H12N2O2/c1-21-17(20)13-9-12-10-5-2-3-7-14(10)19-16(12)15-11(13)6-4-8-18-15/h2-9,19H,1H3. The van der Waals surface area contributed by atoms with Crippen molar-refractivity contribution in [1.29, 1.82) is 0 Å². The van der Waals surface area contributed by atoms with Crippen molar-refractivity contribution in [1.82, 2.24) is 9.97 Å². The van der Waals surface area contributed by atoms with Gasteiger partial charge < -0.3 is 9.72 Å². The number of carbonyl (C=O) groups excluding carboxylic acids is 1. The molecule has 21 heavy (non-hydrogen) atoms. The predicted octanol–water partition coefficient (Wildman–Crippen LogP) is 3.66. The zero-order valence-corrected chi connectivity index (χ0v) is 11.4. The maximum Gasteiger partial charge on any atom is 0.338 e. The number of carbonyl (C=O) groups is 1. The number of ether oxygens (including phenoxy) is 1. The third-order valence-electron chi connectivity index (χ3n) is 3.77. The molecular weight excluding hydrogens is 264 g/mol. The Morgan fingerprint density at radius 2 is 1.90 bits per heavy atom. The molecule has 102 valence electrons. The molecule has 0 saturated carbocycles.